The molecule has 9 heteroatoms. The van der Waals surface area contributed by atoms with Gasteiger partial charge in [-0.25, -0.2) is 4.79 Å². The Bertz CT molecular complexity index is 1160. The lowest BCUT2D eigenvalue weighted by molar-refractivity contribution is -0.122. The normalized spacial score (nSPS) is 12.3. The molecule has 148 valence electrons. The smallest absolute Gasteiger partial charge is 0.332 e. The third-order valence-electron chi connectivity index (χ3n) is 4.87. The summed E-state index contributed by atoms with van der Waals surface area (Å²) in [5.41, 5.74) is 1.41. The standard InChI is InChI=1S/C19H22ClN5O3/c1-5-12-6-8-13(9-7-12)11(2)21-14(26)10-25-15-16(22-18(25)20)23(3)19(28)24(4)17(15)27/h6-9,11H,5,10H2,1-4H3,(H,21,26)/t11-/m1/s1. The van der Waals surface area contributed by atoms with Gasteiger partial charge in [-0.1, -0.05) is 31.2 Å². The van der Waals surface area contributed by atoms with Gasteiger partial charge in [-0.3, -0.25) is 23.3 Å². The Kier molecular flexibility index (Phi) is 5.42. The summed E-state index contributed by atoms with van der Waals surface area (Å²) in [7, 11) is 2.87. The van der Waals surface area contributed by atoms with Crippen molar-refractivity contribution in [3.63, 3.8) is 0 Å². The molecule has 0 fully saturated rings. The van der Waals surface area contributed by atoms with Gasteiger partial charge in [0.25, 0.3) is 5.56 Å². The number of aromatic nitrogens is 4. The van der Waals surface area contributed by atoms with Crippen molar-refractivity contribution >= 4 is 28.7 Å². The predicted molar refractivity (Wildman–Crippen MR) is 108 cm³/mol. The van der Waals surface area contributed by atoms with Gasteiger partial charge in [0, 0.05) is 14.1 Å². The Morgan fingerprint density at radius 3 is 2.43 bits per heavy atom. The van der Waals surface area contributed by atoms with Crippen LogP contribution in [0.1, 0.15) is 31.0 Å². The van der Waals surface area contributed by atoms with Crippen LogP contribution in [-0.4, -0.2) is 24.6 Å². The van der Waals surface area contributed by atoms with E-state index in [0.717, 1.165) is 16.6 Å². The van der Waals surface area contributed by atoms with Crippen molar-refractivity contribution in [2.45, 2.75) is 32.9 Å². The maximum Gasteiger partial charge on any atom is 0.332 e. The number of nitrogens with one attached hydrogen (secondary N) is 1. The van der Waals surface area contributed by atoms with E-state index >= 15 is 0 Å². The summed E-state index contributed by atoms with van der Waals surface area (Å²) in [4.78, 5) is 41.2. The van der Waals surface area contributed by atoms with E-state index in [2.05, 4.69) is 17.2 Å². The minimum Gasteiger partial charge on any atom is -0.348 e. The molecule has 0 bridgehead atoms. The van der Waals surface area contributed by atoms with Crippen LogP contribution in [0.15, 0.2) is 33.9 Å². The van der Waals surface area contributed by atoms with E-state index in [4.69, 9.17) is 11.6 Å². The van der Waals surface area contributed by atoms with Gasteiger partial charge >= 0.3 is 5.69 Å². The van der Waals surface area contributed by atoms with E-state index < -0.39 is 11.2 Å². The molecular weight excluding hydrogens is 382 g/mol. The number of amides is 1. The Morgan fingerprint density at radius 1 is 1.18 bits per heavy atom. The van der Waals surface area contributed by atoms with Gasteiger partial charge in [0.15, 0.2) is 11.2 Å². The predicted octanol–water partition coefficient (Wildman–Crippen LogP) is 1.53. The number of hydrogen-bond acceptors (Lipinski definition) is 4. The maximum atomic E-state index is 12.6. The average molecular weight is 404 g/mol. The van der Waals surface area contributed by atoms with Gasteiger partial charge in [-0.15, -0.1) is 0 Å². The van der Waals surface area contributed by atoms with Gasteiger partial charge in [-0.2, -0.15) is 4.98 Å². The first-order valence-corrected chi connectivity index (χ1v) is 9.32. The largest absolute Gasteiger partial charge is 0.348 e. The highest BCUT2D eigenvalue weighted by Crippen LogP contribution is 2.17. The number of carbonyl (C=O) groups excluding carboxylic acids is 1. The number of halogens is 1. The van der Waals surface area contributed by atoms with Crippen LogP contribution < -0.4 is 16.6 Å². The summed E-state index contributed by atoms with van der Waals surface area (Å²) in [5, 5.41) is 2.88. The summed E-state index contributed by atoms with van der Waals surface area (Å²) in [5.74, 6) is -0.316. The molecule has 2 aromatic heterocycles. The molecule has 28 heavy (non-hydrogen) atoms. The number of rotatable bonds is 5. The van der Waals surface area contributed by atoms with Gasteiger partial charge in [0.05, 0.1) is 6.04 Å². The second-order valence-corrected chi connectivity index (χ2v) is 7.07. The molecule has 0 aliphatic heterocycles. The summed E-state index contributed by atoms with van der Waals surface area (Å²) in [6, 6.07) is 7.81. The summed E-state index contributed by atoms with van der Waals surface area (Å²) in [6.07, 6.45) is 0.949. The number of aryl methyl sites for hydroxylation is 2. The molecule has 1 atom stereocenters. The van der Waals surface area contributed by atoms with Crippen molar-refractivity contribution in [3.8, 4) is 0 Å². The van der Waals surface area contributed by atoms with Gasteiger partial charge < -0.3 is 5.32 Å². The van der Waals surface area contributed by atoms with Crippen LogP contribution in [0, 0.1) is 0 Å². The van der Waals surface area contributed by atoms with Crippen molar-refractivity contribution in [2.24, 2.45) is 14.1 Å². The molecule has 1 N–H and O–H groups in total. The second-order valence-electron chi connectivity index (χ2n) is 6.73. The molecular formula is C19H22ClN5O3. The number of fused-ring (bicyclic) bond motifs is 1. The maximum absolute atomic E-state index is 12.6. The van der Waals surface area contributed by atoms with Gasteiger partial charge in [0.1, 0.15) is 6.54 Å². The number of carbonyl (C=O) groups is 1. The number of nitrogens with zero attached hydrogens (tertiary/aromatic N) is 4. The first-order valence-electron chi connectivity index (χ1n) is 8.94. The fourth-order valence-corrected chi connectivity index (χ4v) is 3.34. The molecule has 1 aromatic carbocycles. The minimum absolute atomic E-state index is 0.0246. The van der Waals surface area contributed by atoms with E-state index in [0.29, 0.717) is 0 Å². The van der Waals surface area contributed by atoms with E-state index in [1.807, 2.05) is 31.2 Å². The van der Waals surface area contributed by atoms with Crippen molar-refractivity contribution in [1.29, 1.82) is 0 Å². The van der Waals surface area contributed by atoms with Crippen LogP contribution in [-0.2, 0) is 31.9 Å². The minimum atomic E-state index is -0.548. The quantitative estimate of drug-likeness (QED) is 0.654. The molecule has 0 radical (unpaired) electrons. The van der Waals surface area contributed by atoms with E-state index in [1.54, 1.807) is 0 Å². The third-order valence-corrected chi connectivity index (χ3v) is 5.16. The monoisotopic (exact) mass is 403 g/mol. The summed E-state index contributed by atoms with van der Waals surface area (Å²) < 4.78 is 3.52. The van der Waals surface area contributed by atoms with Crippen molar-refractivity contribution in [1.82, 2.24) is 24.0 Å². The Hall–Kier alpha value is -2.87. The molecule has 0 spiro atoms. The fraction of sp³-hybridized carbons (Fsp3) is 0.368. The van der Waals surface area contributed by atoms with Gasteiger partial charge in [-0.05, 0) is 36.1 Å². The third kappa shape index (κ3) is 3.47. The average Bonchev–Trinajstić information content (AvgIpc) is 3.01. The van der Waals surface area contributed by atoms with Crippen LogP contribution in [0.5, 0.6) is 0 Å². The zero-order valence-electron chi connectivity index (χ0n) is 16.2. The molecule has 2 heterocycles. The molecule has 0 saturated heterocycles. The highest BCUT2D eigenvalue weighted by Gasteiger charge is 2.20. The van der Waals surface area contributed by atoms with E-state index in [9.17, 15) is 14.4 Å². The van der Waals surface area contributed by atoms with Crippen LogP contribution in [0.3, 0.4) is 0 Å². The van der Waals surface area contributed by atoms with E-state index in [-0.39, 0.29) is 34.9 Å². The molecule has 0 saturated carbocycles. The second kappa shape index (κ2) is 7.63. The first kappa shape index (κ1) is 19.9. The molecule has 8 nitrogen and oxygen atoms in total. The Labute approximate surface area is 166 Å². The van der Waals surface area contributed by atoms with Crippen LogP contribution >= 0.6 is 11.6 Å². The first-order chi connectivity index (χ1) is 13.2. The number of benzene rings is 1. The lowest BCUT2D eigenvalue weighted by Crippen LogP contribution is -2.38. The number of imidazole rings is 1. The molecule has 1 amide bonds. The van der Waals surface area contributed by atoms with Crippen LogP contribution in [0.25, 0.3) is 11.2 Å². The van der Waals surface area contributed by atoms with Crippen molar-refractivity contribution in [3.05, 3.63) is 61.5 Å². The zero-order chi connectivity index (χ0) is 20.6. The summed E-state index contributed by atoms with van der Waals surface area (Å²) in [6.45, 7) is 3.79. The zero-order valence-corrected chi connectivity index (χ0v) is 16.9. The SMILES string of the molecule is CCc1ccc([C@@H](C)NC(=O)Cn2c(Cl)nc3c2c(=O)n(C)c(=O)n3C)cc1. The highest BCUT2D eigenvalue weighted by molar-refractivity contribution is 6.29. The van der Waals surface area contributed by atoms with Crippen LogP contribution in [0.2, 0.25) is 5.28 Å². The topological polar surface area (TPSA) is 90.9 Å². The molecule has 3 rings (SSSR count). The fourth-order valence-electron chi connectivity index (χ4n) is 3.12. The number of hydrogen-bond donors (Lipinski definition) is 1. The van der Waals surface area contributed by atoms with Crippen molar-refractivity contribution in [2.75, 3.05) is 0 Å². The molecule has 0 unspecified atom stereocenters. The van der Waals surface area contributed by atoms with E-state index in [1.165, 1.54) is 28.8 Å². The lowest BCUT2D eigenvalue weighted by atomic mass is 10.1. The Morgan fingerprint density at radius 2 is 1.82 bits per heavy atom. The van der Waals surface area contributed by atoms with Crippen molar-refractivity contribution < 1.29 is 4.79 Å². The summed E-state index contributed by atoms with van der Waals surface area (Å²) >= 11 is 6.16. The molecule has 0 aliphatic rings. The Balaban J connectivity index is 1.88. The highest BCUT2D eigenvalue weighted by atomic mass is 35.5. The van der Waals surface area contributed by atoms with Crippen LogP contribution in [0.4, 0.5) is 0 Å². The molecule has 3 aromatic rings. The lowest BCUT2D eigenvalue weighted by Gasteiger charge is -2.15. The van der Waals surface area contributed by atoms with Gasteiger partial charge in [0.2, 0.25) is 11.2 Å². The molecule has 0 aliphatic carbocycles.